The summed E-state index contributed by atoms with van der Waals surface area (Å²) in [6.07, 6.45) is 0.651. The normalized spacial score (nSPS) is 11.1. The lowest BCUT2D eigenvalue weighted by Gasteiger charge is -2.08. The Morgan fingerprint density at radius 2 is 2.12 bits per heavy atom. The molecule has 0 amide bonds. The maximum absolute atomic E-state index is 11.3. The Labute approximate surface area is 99.1 Å². The minimum Gasteiger partial charge on any atom is -0.326 e. The van der Waals surface area contributed by atoms with E-state index in [1.54, 1.807) is 6.07 Å². The van der Waals surface area contributed by atoms with Crippen molar-refractivity contribution in [3.63, 3.8) is 0 Å². The van der Waals surface area contributed by atoms with Crippen molar-refractivity contribution in [2.45, 2.75) is 24.8 Å². The van der Waals surface area contributed by atoms with Gasteiger partial charge in [0.25, 0.3) is 9.05 Å². The zero-order chi connectivity index (χ0) is 12.3. The minimum absolute atomic E-state index is 0.0368. The van der Waals surface area contributed by atoms with E-state index in [-0.39, 0.29) is 17.0 Å². The zero-order valence-corrected chi connectivity index (χ0v) is 10.3. The second-order valence-electron chi connectivity index (χ2n) is 3.24. The van der Waals surface area contributed by atoms with Crippen LogP contribution in [0.4, 0.5) is 0 Å². The largest absolute Gasteiger partial charge is 0.326 e. The molecule has 0 unspecified atom stereocenters. The van der Waals surface area contributed by atoms with Crippen molar-refractivity contribution in [1.29, 1.82) is 5.26 Å². The van der Waals surface area contributed by atoms with E-state index in [0.29, 0.717) is 12.0 Å². The molecule has 6 heteroatoms. The van der Waals surface area contributed by atoms with Crippen molar-refractivity contribution >= 4 is 19.7 Å². The highest BCUT2D eigenvalue weighted by atomic mass is 35.7. The summed E-state index contributed by atoms with van der Waals surface area (Å²) in [5, 5.41) is 8.93. The second-order valence-corrected chi connectivity index (χ2v) is 5.77. The van der Waals surface area contributed by atoms with Crippen molar-refractivity contribution in [3.8, 4) is 6.07 Å². The van der Waals surface area contributed by atoms with Crippen LogP contribution in [0.25, 0.3) is 0 Å². The maximum atomic E-state index is 11.3. The Morgan fingerprint density at radius 3 is 2.50 bits per heavy atom. The molecule has 0 saturated heterocycles. The molecule has 16 heavy (non-hydrogen) atoms. The van der Waals surface area contributed by atoms with Gasteiger partial charge >= 0.3 is 0 Å². The molecule has 1 aromatic rings. The summed E-state index contributed by atoms with van der Waals surface area (Å²) < 4.78 is 22.6. The fraction of sp³-hybridized carbons (Fsp3) is 0.300. The standard InChI is InChI=1S/C10H11ClN2O2S/c1-2-7-3-8(5-12)9(6-13)10(4-7)16(11,14)15/h3-4H,2,5,12H2,1H3. The van der Waals surface area contributed by atoms with Gasteiger partial charge in [0.1, 0.15) is 11.0 Å². The molecule has 0 spiro atoms. The summed E-state index contributed by atoms with van der Waals surface area (Å²) in [5.41, 5.74) is 6.80. The van der Waals surface area contributed by atoms with Crippen molar-refractivity contribution < 1.29 is 8.42 Å². The van der Waals surface area contributed by atoms with Crippen LogP contribution in [0.2, 0.25) is 0 Å². The summed E-state index contributed by atoms with van der Waals surface area (Å²) in [7, 11) is 1.36. The molecule has 2 N–H and O–H groups in total. The van der Waals surface area contributed by atoms with Gasteiger partial charge in [-0.15, -0.1) is 0 Å². The monoisotopic (exact) mass is 258 g/mol. The van der Waals surface area contributed by atoms with Gasteiger partial charge in [0, 0.05) is 17.2 Å². The minimum atomic E-state index is -3.92. The SMILES string of the molecule is CCc1cc(CN)c(C#N)c(S(=O)(=O)Cl)c1. The molecule has 0 saturated carbocycles. The van der Waals surface area contributed by atoms with Crippen LogP contribution in [-0.2, 0) is 22.0 Å². The van der Waals surface area contributed by atoms with Gasteiger partial charge in [-0.05, 0) is 23.6 Å². The fourth-order valence-corrected chi connectivity index (χ4v) is 2.50. The van der Waals surface area contributed by atoms with E-state index in [1.165, 1.54) is 6.07 Å². The molecule has 86 valence electrons. The first-order valence-corrected chi connectivity index (χ1v) is 6.95. The van der Waals surface area contributed by atoms with E-state index >= 15 is 0 Å². The van der Waals surface area contributed by atoms with Crippen LogP contribution in [0.3, 0.4) is 0 Å². The molecule has 4 nitrogen and oxygen atoms in total. The van der Waals surface area contributed by atoms with Crippen LogP contribution in [0.5, 0.6) is 0 Å². The quantitative estimate of drug-likeness (QED) is 0.833. The van der Waals surface area contributed by atoms with E-state index < -0.39 is 9.05 Å². The molecule has 0 aromatic heterocycles. The molecule has 1 aromatic carbocycles. The highest BCUT2D eigenvalue weighted by Crippen LogP contribution is 2.24. The molecule has 0 bridgehead atoms. The zero-order valence-electron chi connectivity index (χ0n) is 8.70. The molecule has 0 heterocycles. The van der Waals surface area contributed by atoms with Gasteiger partial charge in [0.15, 0.2) is 0 Å². The summed E-state index contributed by atoms with van der Waals surface area (Å²) in [6, 6.07) is 4.97. The molecule has 0 fully saturated rings. The highest BCUT2D eigenvalue weighted by Gasteiger charge is 2.19. The fourth-order valence-electron chi connectivity index (χ4n) is 1.42. The van der Waals surface area contributed by atoms with Crippen LogP contribution >= 0.6 is 10.7 Å². The van der Waals surface area contributed by atoms with Gasteiger partial charge in [-0.3, -0.25) is 0 Å². The number of hydrogen-bond donors (Lipinski definition) is 1. The van der Waals surface area contributed by atoms with Gasteiger partial charge in [-0.2, -0.15) is 5.26 Å². The van der Waals surface area contributed by atoms with E-state index in [9.17, 15) is 8.42 Å². The molecular weight excluding hydrogens is 248 g/mol. The number of hydrogen-bond acceptors (Lipinski definition) is 4. The third-order valence-electron chi connectivity index (χ3n) is 2.25. The molecular formula is C10H11ClN2O2S. The molecule has 0 aliphatic rings. The smallest absolute Gasteiger partial charge is 0.262 e. The van der Waals surface area contributed by atoms with Gasteiger partial charge < -0.3 is 5.73 Å². The lowest BCUT2D eigenvalue weighted by molar-refractivity contribution is 0.609. The van der Waals surface area contributed by atoms with Crippen molar-refractivity contribution in [2.75, 3.05) is 0 Å². The average Bonchev–Trinajstić information content (AvgIpc) is 2.25. The number of benzene rings is 1. The van der Waals surface area contributed by atoms with Crippen LogP contribution in [0, 0.1) is 11.3 Å². The molecule has 1 rings (SSSR count). The Kier molecular flexibility index (Phi) is 3.92. The van der Waals surface area contributed by atoms with Gasteiger partial charge in [0.2, 0.25) is 0 Å². The van der Waals surface area contributed by atoms with Crippen molar-refractivity contribution in [1.82, 2.24) is 0 Å². The molecule has 0 aliphatic carbocycles. The number of aryl methyl sites for hydroxylation is 1. The lowest BCUT2D eigenvalue weighted by atomic mass is 10.0. The van der Waals surface area contributed by atoms with Crippen molar-refractivity contribution in [2.24, 2.45) is 5.73 Å². The number of nitrogens with zero attached hydrogens (tertiary/aromatic N) is 1. The topological polar surface area (TPSA) is 83.9 Å². The second kappa shape index (κ2) is 4.83. The number of rotatable bonds is 3. The van der Waals surface area contributed by atoms with Crippen LogP contribution < -0.4 is 5.73 Å². The molecule has 0 aliphatic heterocycles. The Morgan fingerprint density at radius 1 is 1.50 bits per heavy atom. The van der Waals surface area contributed by atoms with Crippen LogP contribution in [0.15, 0.2) is 17.0 Å². The first-order chi connectivity index (χ1) is 7.43. The van der Waals surface area contributed by atoms with E-state index in [1.807, 2.05) is 13.0 Å². The third kappa shape index (κ3) is 2.53. The predicted octanol–water partition coefficient (Wildman–Crippen LogP) is 1.51. The first-order valence-electron chi connectivity index (χ1n) is 4.64. The van der Waals surface area contributed by atoms with E-state index in [2.05, 4.69) is 0 Å². The molecule has 0 atom stereocenters. The third-order valence-corrected chi connectivity index (χ3v) is 3.59. The lowest BCUT2D eigenvalue weighted by Crippen LogP contribution is -2.06. The van der Waals surface area contributed by atoms with Crippen LogP contribution in [0.1, 0.15) is 23.6 Å². The van der Waals surface area contributed by atoms with Gasteiger partial charge in [-0.1, -0.05) is 13.0 Å². The summed E-state index contributed by atoms with van der Waals surface area (Å²) in [4.78, 5) is -0.156. The van der Waals surface area contributed by atoms with Crippen molar-refractivity contribution in [3.05, 3.63) is 28.8 Å². The Bertz CT molecular complexity index is 547. The van der Waals surface area contributed by atoms with Gasteiger partial charge in [0.05, 0.1) is 5.56 Å². The summed E-state index contributed by atoms with van der Waals surface area (Å²) in [5.74, 6) is 0. The van der Waals surface area contributed by atoms with Crippen LogP contribution in [-0.4, -0.2) is 8.42 Å². The Balaban J connectivity index is 3.65. The first kappa shape index (κ1) is 13.0. The maximum Gasteiger partial charge on any atom is 0.262 e. The Hall–Kier alpha value is -1.09. The highest BCUT2D eigenvalue weighted by molar-refractivity contribution is 8.13. The number of nitriles is 1. The van der Waals surface area contributed by atoms with Gasteiger partial charge in [-0.25, -0.2) is 8.42 Å². The van der Waals surface area contributed by atoms with E-state index in [0.717, 1.165) is 5.56 Å². The molecule has 0 radical (unpaired) electrons. The predicted molar refractivity (Wildman–Crippen MR) is 61.5 cm³/mol. The summed E-state index contributed by atoms with van der Waals surface area (Å²) >= 11 is 0. The number of nitrogens with two attached hydrogens (primary N) is 1. The average molecular weight is 259 g/mol. The van der Waals surface area contributed by atoms with E-state index in [4.69, 9.17) is 21.7 Å². The number of halogens is 1. The summed E-state index contributed by atoms with van der Waals surface area (Å²) in [6.45, 7) is 1.99.